The van der Waals surface area contributed by atoms with Gasteiger partial charge in [0.1, 0.15) is 17.8 Å². The van der Waals surface area contributed by atoms with Gasteiger partial charge in [-0.2, -0.15) is 5.26 Å². The Morgan fingerprint density at radius 2 is 2.17 bits per heavy atom. The molecule has 1 aromatic carbocycles. The van der Waals surface area contributed by atoms with Gasteiger partial charge in [0.05, 0.1) is 20.2 Å². The van der Waals surface area contributed by atoms with Gasteiger partial charge >= 0.3 is 0 Å². The molecule has 1 unspecified atom stereocenters. The van der Waals surface area contributed by atoms with Crippen molar-refractivity contribution in [3.63, 3.8) is 0 Å². The van der Waals surface area contributed by atoms with Crippen molar-refractivity contribution in [1.82, 2.24) is 5.32 Å². The van der Waals surface area contributed by atoms with Crippen LogP contribution >= 0.6 is 15.9 Å². The van der Waals surface area contributed by atoms with Gasteiger partial charge in [-0.25, -0.2) is 0 Å². The molecule has 0 aliphatic rings. The first kappa shape index (κ1) is 19.5. The maximum absolute atomic E-state index is 12.2. The molecular weight excluding hydrogens is 358 g/mol. The number of quaternary nitrogens is 1. The second kappa shape index (κ2) is 8.32. The van der Waals surface area contributed by atoms with Gasteiger partial charge in [0.15, 0.2) is 6.54 Å². The Morgan fingerprint density at radius 1 is 1.52 bits per heavy atom. The van der Waals surface area contributed by atoms with Gasteiger partial charge < -0.3 is 15.0 Å². The molecule has 1 amide bonds. The molecule has 0 aliphatic heterocycles. The Bertz CT molecular complexity index is 598. The predicted molar refractivity (Wildman–Crippen MR) is 93.2 cm³/mol. The number of hydrogen-bond donors (Lipinski definition) is 2. The van der Waals surface area contributed by atoms with E-state index in [1.165, 1.54) is 0 Å². The Kier molecular flexibility index (Phi) is 7.04. The third-order valence-electron chi connectivity index (χ3n) is 3.98. The van der Waals surface area contributed by atoms with Gasteiger partial charge in [-0.3, -0.25) is 4.79 Å². The van der Waals surface area contributed by atoms with Gasteiger partial charge in [0.25, 0.3) is 5.91 Å². The molecule has 0 saturated carbocycles. The molecule has 5 nitrogen and oxygen atoms in total. The number of benzene rings is 1. The molecule has 6 heteroatoms. The summed E-state index contributed by atoms with van der Waals surface area (Å²) in [5.74, 6) is 0.716. The molecule has 0 aliphatic carbocycles. The minimum absolute atomic E-state index is 0.0435. The minimum Gasteiger partial charge on any atom is -0.496 e. The summed E-state index contributed by atoms with van der Waals surface area (Å²) in [5.41, 5.74) is 0.184. The SMILES string of the molecule is COc1ccc(Br)cc1C[NH+](C)CC(=O)N[C@](C)(C#N)C(C)C. The highest BCUT2D eigenvalue weighted by Gasteiger charge is 2.30. The first-order valence-corrected chi connectivity index (χ1v) is 8.37. The Balaban J connectivity index is 2.70. The summed E-state index contributed by atoms with van der Waals surface area (Å²) in [5, 5.41) is 12.1. The number of nitrogens with one attached hydrogen (secondary N) is 2. The normalized spacial score (nSPS) is 14.7. The summed E-state index contributed by atoms with van der Waals surface area (Å²) in [7, 11) is 3.58. The summed E-state index contributed by atoms with van der Waals surface area (Å²) in [6.45, 7) is 6.54. The highest BCUT2D eigenvalue weighted by atomic mass is 79.9. The summed E-state index contributed by atoms with van der Waals surface area (Å²) in [6.07, 6.45) is 0. The van der Waals surface area contributed by atoms with Crippen molar-refractivity contribution in [2.75, 3.05) is 20.7 Å². The number of nitriles is 1. The van der Waals surface area contributed by atoms with Crippen molar-refractivity contribution in [2.24, 2.45) is 5.92 Å². The van der Waals surface area contributed by atoms with Crippen molar-refractivity contribution < 1.29 is 14.4 Å². The van der Waals surface area contributed by atoms with Crippen LogP contribution < -0.4 is 15.0 Å². The summed E-state index contributed by atoms with van der Waals surface area (Å²) >= 11 is 3.45. The number of likely N-dealkylation sites (N-methyl/N-ethyl adjacent to an activating group) is 1. The molecule has 23 heavy (non-hydrogen) atoms. The standard InChI is InChI=1S/C17H24BrN3O2/c1-12(2)17(3,11-19)20-16(22)10-21(4)9-13-8-14(18)6-7-15(13)23-5/h6-8,12H,9-10H2,1-5H3,(H,20,22)/p+1/t17-/m1/s1. The van der Waals surface area contributed by atoms with Crippen LogP contribution in [0.3, 0.4) is 0 Å². The third-order valence-corrected chi connectivity index (χ3v) is 4.48. The lowest BCUT2D eigenvalue weighted by Gasteiger charge is -2.27. The highest BCUT2D eigenvalue weighted by molar-refractivity contribution is 9.10. The van der Waals surface area contributed by atoms with Crippen molar-refractivity contribution in [1.29, 1.82) is 5.26 Å². The van der Waals surface area contributed by atoms with Crippen molar-refractivity contribution in [2.45, 2.75) is 32.9 Å². The number of amides is 1. The lowest BCUT2D eigenvalue weighted by molar-refractivity contribution is -0.885. The summed E-state index contributed by atoms with van der Waals surface area (Å²) < 4.78 is 6.33. The van der Waals surface area contributed by atoms with E-state index in [0.717, 1.165) is 20.7 Å². The molecule has 2 N–H and O–H groups in total. The van der Waals surface area contributed by atoms with E-state index in [2.05, 4.69) is 27.3 Å². The van der Waals surface area contributed by atoms with Crippen LogP contribution in [0.2, 0.25) is 0 Å². The van der Waals surface area contributed by atoms with E-state index < -0.39 is 5.54 Å². The molecule has 1 rings (SSSR count). The maximum atomic E-state index is 12.2. The molecule has 0 bridgehead atoms. The first-order valence-electron chi connectivity index (χ1n) is 7.57. The number of nitrogens with zero attached hydrogens (tertiary/aromatic N) is 1. The van der Waals surface area contributed by atoms with E-state index in [4.69, 9.17) is 4.74 Å². The van der Waals surface area contributed by atoms with Gasteiger partial charge in [-0.05, 0) is 31.0 Å². The molecule has 0 aromatic heterocycles. The zero-order chi connectivity index (χ0) is 17.6. The molecule has 126 valence electrons. The van der Waals surface area contributed by atoms with E-state index >= 15 is 0 Å². The van der Waals surface area contributed by atoms with E-state index in [-0.39, 0.29) is 11.8 Å². The zero-order valence-electron chi connectivity index (χ0n) is 14.4. The number of halogens is 1. The largest absolute Gasteiger partial charge is 0.496 e. The Labute approximate surface area is 146 Å². The molecule has 0 spiro atoms. The number of hydrogen-bond acceptors (Lipinski definition) is 3. The van der Waals surface area contributed by atoms with Gasteiger partial charge in [-0.15, -0.1) is 0 Å². The quantitative estimate of drug-likeness (QED) is 0.751. The van der Waals surface area contributed by atoms with Gasteiger partial charge in [0.2, 0.25) is 0 Å². The van der Waals surface area contributed by atoms with Crippen LogP contribution in [0.25, 0.3) is 0 Å². The van der Waals surface area contributed by atoms with E-state index in [1.807, 2.05) is 39.1 Å². The molecule has 0 saturated heterocycles. The van der Waals surface area contributed by atoms with Gasteiger partial charge in [0, 0.05) is 10.0 Å². The topological polar surface area (TPSA) is 66.6 Å². The lowest BCUT2D eigenvalue weighted by atomic mass is 9.90. The van der Waals surface area contributed by atoms with Crippen LogP contribution in [0.1, 0.15) is 26.3 Å². The number of carbonyl (C=O) groups is 1. The maximum Gasteiger partial charge on any atom is 0.276 e. The zero-order valence-corrected chi connectivity index (χ0v) is 16.0. The van der Waals surface area contributed by atoms with E-state index in [9.17, 15) is 10.1 Å². The molecule has 0 radical (unpaired) electrons. The average Bonchev–Trinajstić information content (AvgIpc) is 2.46. The Hall–Kier alpha value is -1.58. The highest BCUT2D eigenvalue weighted by Crippen LogP contribution is 2.22. The fourth-order valence-electron chi connectivity index (χ4n) is 2.18. The van der Waals surface area contributed by atoms with Crippen molar-refractivity contribution >= 4 is 21.8 Å². The molecule has 0 fully saturated rings. The summed E-state index contributed by atoms with van der Waals surface area (Å²) in [6, 6.07) is 8.01. The minimum atomic E-state index is -0.842. The number of rotatable bonds is 7. The van der Waals surface area contributed by atoms with E-state index in [0.29, 0.717) is 13.1 Å². The van der Waals surface area contributed by atoms with Crippen molar-refractivity contribution in [3.05, 3.63) is 28.2 Å². The number of methoxy groups -OCH3 is 1. The lowest BCUT2D eigenvalue weighted by Crippen LogP contribution is -3.09. The van der Waals surface area contributed by atoms with Crippen molar-refractivity contribution in [3.8, 4) is 11.8 Å². The second-order valence-corrected chi connectivity index (χ2v) is 7.20. The monoisotopic (exact) mass is 382 g/mol. The van der Waals surface area contributed by atoms with Crippen LogP contribution in [0, 0.1) is 17.2 Å². The average molecular weight is 383 g/mol. The third kappa shape index (κ3) is 5.52. The molecule has 0 heterocycles. The van der Waals surface area contributed by atoms with Crippen LogP contribution in [-0.2, 0) is 11.3 Å². The smallest absolute Gasteiger partial charge is 0.276 e. The van der Waals surface area contributed by atoms with Crippen LogP contribution in [0.4, 0.5) is 0 Å². The molecule has 1 aromatic rings. The van der Waals surface area contributed by atoms with Crippen LogP contribution in [0.15, 0.2) is 22.7 Å². The fourth-order valence-corrected chi connectivity index (χ4v) is 2.59. The van der Waals surface area contributed by atoms with Crippen LogP contribution in [-0.4, -0.2) is 32.1 Å². The fraction of sp³-hybridized carbons (Fsp3) is 0.529. The van der Waals surface area contributed by atoms with E-state index in [1.54, 1.807) is 14.0 Å². The molecule has 2 atom stereocenters. The Morgan fingerprint density at radius 3 is 2.70 bits per heavy atom. The summed E-state index contributed by atoms with van der Waals surface area (Å²) in [4.78, 5) is 13.2. The predicted octanol–water partition coefficient (Wildman–Crippen LogP) is 1.53. The number of carbonyl (C=O) groups excluding carboxylic acids is 1. The molecular formula is C17H25BrN3O2+. The van der Waals surface area contributed by atoms with Crippen LogP contribution in [0.5, 0.6) is 5.75 Å². The first-order chi connectivity index (χ1) is 10.7. The number of ether oxygens (including phenoxy) is 1. The van der Waals surface area contributed by atoms with Gasteiger partial charge in [-0.1, -0.05) is 29.8 Å². The second-order valence-electron chi connectivity index (χ2n) is 6.28.